The molecule has 5 aromatic rings. The molecule has 0 bridgehead atoms. The van der Waals surface area contributed by atoms with Crippen molar-refractivity contribution < 1.29 is 0 Å². The van der Waals surface area contributed by atoms with E-state index in [9.17, 15) is 0 Å². The average molecular weight is 441 g/mol. The Bertz CT molecular complexity index is 1550. The number of aryl methyl sites for hydroxylation is 1. The van der Waals surface area contributed by atoms with Crippen molar-refractivity contribution >= 4 is 11.6 Å². The van der Waals surface area contributed by atoms with Gasteiger partial charge >= 0.3 is 0 Å². The summed E-state index contributed by atoms with van der Waals surface area (Å²) < 4.78 is 0. The molecule has 33 heavy (non-hydrogen) atoms. The van der Waals surface area contributed by atoms with Crippen molar-refractivity contribution in [1.82, 2.24) is 0 Å². The van der Waals surface area contributed by atoms with Crippen molar-refractivity contribution in [3.8, 4) is 33.4 Å². The fourth-order valence-electron chi connectivity index (χ4n) is 6.21. The number of hydrogen-bond donors (Lipinski definition) is 0. The number of hydrogen-bond acceptors (Lipinski definition) is 0. The number of fused-ring (bicyclic) bond motifs is 10. The Morgan fingerprint density at radius 1 is 0.485 bits per heavy atom. The van der Waals surface area contributed by atoms with Gasteiger partial charge < -0.3 is 0 Å². The molecule has 0 radical (unpaired) electrons. The first kappa shape index (κ1) is 18.9. The van der Waals surface area contributed by atoms with Crippen LogP contribution in [0.2, 0.25) is 5.02 Å². The first-order chi connectivity index (χ1) is 16.2. The summed E-state index contributed by atoms with van der Waals surface area (Å²) in [5.41, 5.74) is 13.9. The van der Waals surface area contributed by atoms with Crippen molar-refractivity contribution in [1.29, 1.82) is 0 Å². The van der Waals surface area contributed by atoms with Crippen LogP contribution in [0.1, 0.15) is 27.8 Å². The number of halogens is 1. The lowest BCUT2D eigenvalue weighted by molar-refractivity contribution is 0.794. The molecule has 0 atom stereocenters. The van der Waals surface area contributed by atoms with Crippen LogP contribution >= 0.6 is 11.6 Å². The smallest absolute Gasteiger partial charge is 0.0725 e. The molecule has 2 aliphatic rings. The standard InChI is InChI=1S/C32H21Cl/c1-20-17-18-30(33)25(19-20)23-12-8-16-29-31(23)24-11-4-7-15-28(24)32(29)26-13-5-2-9-21(26)22-10-3-6-14-27(22)32/h2-19H,1H3. The van der Waals surface area contributed by atoms with Gasteiger partial charge in [0.1, 0.15) is 0 Å². The van der Waals surface area contributed by atoms with Gasteiger partial charge in [-0.2, -0.15) is 0 Å². The van der Waals surface area contributed by atoms with Crippen LogP contribution in [0.4, 0.5) is 0 Å². The maximum absolute atomic E-state index is 6.77. The topological polar surface area (TPSA) is 0 Å². The Labute approximate surface area is 199 Å². The molecule has 0 nitrogen and oxygen atoms in total. The lowest BCUT2D eigenvalue weighted by atomic mass is 9.70. The van der Waals surface area contributed by atoms with Gasteiger partial charge in [-0.15, -0.1) is 0 Å². The van der Waals surface area contributed by atoms with Crippen LogP contribution in [0, 0.1) is 6.92 Å². The van der Waals surface area contributed by atoms with E-state index >= 15 is 0 Å². The van der Waals surface area contributed by atoms with E-state index in [1.807, 2.05) is 6.07 Å². The van der Waals surface area contributed by atoms with Crippen LogP contribution in [0.5, 0.6) is 0 Å². The fraction of sp³-hybridized carbons (Fsp3) is 0.0625. The van der Waals surface area contributed by atoms with E-state index in [1.54, 1.807) is 0 Å². The third-order valence-corrected chi connectivity index (χ3v) is 7.76. The second kappa shape index (κ2) is 6.70. The van der Waals surface area contributed by atoms with Crippen LogP contribution < -0.4 is 0 Å². The molecule has 1 spiro atoms. The molecular formula is C32H21Cl. The second-order valence-corrected chi connectivity index (χ2v) is 9.51. The highest BCUT2D eigenvalue weighted by atomic mass is 35.5. The summed E-state index contributed by atoms with van der Waals surface area (Å²) in [6.45, 7) is 2.13. The summed E-state index contributed by atoms with van der Waals surface area (Å²) >= 11 is 6.77. The summed E-state index contributed by atoms with van der Waals surface area (Å²) in [4.78, 5) is 0. The zero-order valence-corrected chi connectivity index (χ0v) is 19.0. The van der Waals surface area contributed by atoms with Crippen molar-refractivity contribution in [2.24, 2.45) is 0 Å². The highest BCUT2D eigenvalue weighted by Gasteiger charge is 2.51. The van der Waals surface area contributed by atoms with Gasteiger partial charge in [0.05, 0.1) is 5.41 Å². The third kappa shape index (κ3) is 2.32. The molecule has 156 valence electrons. The van der Waals surface area contributed by atoms with Gasteiger partial charge in [0.25, 0.3) is 0 Å². The summed E-state index contributed by atoms with van der Waals surface area (Å²) in [6.07, 6.45) is 0. The van der Waals surface area contributed by atoms with Crippen LogP contribution in [0.25, 0.3) is 33.4 Å². The van der Waals surface area contributed by atoms with Gasteiger partial charge in [-0.25, -0.2) is 0 Å². The maximum Gasteiger partial charge on any atom is 0.0725 e. The third-order valence-electron chi connectivity index (χ3n) is 7.43. The molecule has 0 saturated heterocycles. The van der Waals surface area contributed by atoms with Crippen LogP contribution in [0.15, 0.2) is 109 Å². The van der Waals surface area contributed by atoms with Gasteiger partial charge in [0.2, 0.25) is 0 Å². The predicted octanol–water partition coefficient (Wildman–Crippen LogP) is 8.66. The number of rotatable bonds is 1. The average Bonchev–Trinajstić information content (AvgIpc) is 3.33. The fourth-order valence-corrected chi connectivity index (χ4v) is 6.43. The summed E-state index contributed by atoms with van der Waals surface area (Å²) in [5, 5.41) is 0.791. The van der Waals surface area contributed by atoms with Crippen LogP contribution in [-0.4, -0.2) is 0 Å². The molecule has 0 saturated carbocycles. The van der Waals surface area contributed by atoms with Gasteiger partial charge in [0.15, 0.2) is 0 Å². The Balaban J connectivity index is 1.67. The molecule has 0 heterocycles. The van der Waals surface area contributed by atoms with E-state index in [-0.39, 0.29) is 5.41 Å². The molecule has 7 rings (SSSR count). The molecule has 0 unspecified atom stereocenters. The summed E-state index contributed by atoms with van der Waals surface area (Å²) in [6, 6.07) is 39.8. The van der Waals surface area contributed by atoms with Crippen molar-refractivity contribution in [2.75, 3.05) is 0 Å². The van der Waals surface area contributed by atoms with E-state index in [4.69, 9.17) is 11.6 Å². The first-order valence-electron chi connectivity index (χ1n) is 11.4. The Morgan fingerprint density at radius 2 is 1.00 bits per heavy atom. The van der Waals surface area contributed by atoms with E-state index in [0.29, 0.717) is 0 Å². The van der Waals surface area contributed by atoms with Gasteiger partial charge in [0, 0.05) is 10.6 Å². The normalized spacial score (nSPS) is 14.0. The monoisotopic (exact) mass is 440 g/mol. The van der Waals surface area contributed by atoms with E-state index in [2.05, 4.69) is 110 Å². The lowest BCUT2D eigenvalue weighted by Gasteiger charge is -2.30. The minimum absolute atomic E-state index is 0.314. The Kier molecular flexibility index (Phi) is 3.84. The molecule has 0 fully saturated rings. The highest BCUT2D eigenvalue weighted by molar-refractivity contribution is 6.33. The summed E-state index contributed by atoms with van der Waals surface area (Å²) in [7, 11) is 0. The van der Waals surface area contributed by atoms with Crippen molar-refractivity contribution in [3.05, 3.63) is 142 Å². The molecule has 1 heteroatoms. The SMILES string of the molecule is Cc1ccc(Cl)c(-c2cccc3c2-c2ccccc2C32c3ccccc3-c3ccccc32)c1. The van der Waals surface area contributed by atoms with E-state index < -0.39 is 0 Å². The molecule has 0 N–H and O–H groups in total. The van der Waals surface area contributed by atoms with Crippen LogP contribution in [-0.2, 0) is 5.41 Å². The molecule has 5 aromatic carbocycles. The highest BCUT2D eigenvalue weighted by Crippen LogP contribution is 2.63. The zero-order chi connectivity index (χ0) is 22.2. The molecule has 0 aliphatic heterocycles. The zero-order valence-electron chi connectivity index (χ0n) is 18.3. The number of benzene rings is 5. The molecule has 0 amide bonds. The minimum Gasteiger partial charge on any atom is -0.0837 e. The lowest BCUT2D eigenvalue weighted by Crippen LogP contribution is -2.25. The van der Waals surface area contributed by atoms with Gasteiger partial charge in [-0.3, -0.25) is 0 Å². The molecule has 0 aromatic heterocycles. The largest absolute Gasteiger partial charge is 0.0837 e. The van der Waals surface area contributed by atoms with Gasteiger partial charge in [-0.05, 0) is 69.1 Å². The molecular weight excluding hydrogens is 420 g/mol. The van der Waals surface area contributed by atoms with E-state index in [1.165, 1.54) is 55.6 Å². The summed E-state index contributed by atoms with van der Waals surface area (Å²) in [5.74, 6) is 0. The van der Waals surface area contributed by atoms with Crippen molar-refractivity contribution in [2.45, 2.75) is 12.3 Å². The van der Waals surface area contributed by atoms with Crippen LogP contribution in [0.3, 0.4) is 0 Å². The quantitative estimate of drug-likeness (QED) is 0.239. The van der Waals surface area contributed by atoms with Gasteiger partial charge in [-0.1, -0.05) is 114 Å². The molecule has 2 aliphatic carbocycles. The Morgan fingerprint density at radius 3 is 1.67 bits per heavy atom. The first-order valence-corrected chi connectivity index (χ1v) is 11.8. The second-order valence-electron chi connectivity index (χ2n) is 9.10. The van der Waals surface area contributed by atoms with E-state index in [0.717, 1.165) is 10.6 Å². The minimum atomic E-state index is -0.314. The Hall–Kier alpha value is -3.61. The van der Waals surface area contributed by atoms with Crippen molar-refractivity contribution in [3.63, 3.8) is 0 Å². The maximum atomic E-state index is 6.77. The predicted molar refractivity (Wildman–Crippen MR) is 138 cm³/mol.